The largest absolute Gasteiger partial charge is 0.472 e. The summed E-state index contributed by atoms with van der Waals surface area (Å²) in [5.74, 6) is -0.834. The molecule has 0 aliphatic rings. The van der Waals surface area contributed by atoms with Crippen LogP contribution in [0.5, 0.6) is 0 Å². The Morgan fingerprint density at radius 3 is 1.13 bits per heavy atom. The van der Waals surface area contributed by atoms with Crippen molar-refractivity contribution in [3.63, 3.8) is 0 Å². The van der Waals surface area contributed by atoms with E-state index in [-0.39, 0.29) is 32.6 Å². The standard InChI is InChI=1S/C60H112NO8P/c1-3-5-7-9-11-13-15-17-19-20-21-22-23-24-25-26-27-28-29-30-31-32-33-34-35-36-37-38-39-41-43-45-47-49-51-53-60(63)69-58(57-68-70(64,65)67-55-54-61)56-66-59(62)52-50-48-46-44-42-40-18-16-14-12-10-8-6-4-2/h10,12,15-18,20-21,58H,3-9,11,13-14,19,22-57,61H2,1-2H3,(H,64,65)/b12-10-,17-15-,18-16-,21-20-. The summed E-state index contributed by atoms with van der Waals surface area (Å²) < 4.78 is 33.0. The summed E-state index contributed by atoms with van der Waals surface area (Å²) in [5, 5.41) is 0. The van der Waals surface area contributed by atoms with Crippen molar-refractivity contribution in [1.82, 2.24) is 0 Å². The lowest BCUT2D eigenvalue weighted by Crippen LogP contribution is -2.29. The van der Waals surface area contributed by atoms with Gasteiger partial charge in [-0.15, -0.1) is 0 Å². The van der Waals surface area contributed by atoms with Crippen LogP contribution in [-0.2, 0) is 32.7 Å². The molecular weight excluding hydrogens is 894 g/mol. The molecule has 0 amide bonds. The molecule has 0 aliphatic heterocycles. The van der Waals surface area contributed by atoms with E-state index in [1.807, 2.05) is 0 Å². The second kappa shape index (κ2) is 56.3. The van der Waals surface area contributed by atoms with Gasteiger partial charge in [0.15, 0.2) is 6.10 Å². The summed E-state index contributed by atoms with van der Waals surface area (Å²) in [6.07, 6.45) is 69.1. The summed E-state index contributed by atoms with van der Waals surface area (Å²) in [5.41, 5.74) is 5.37. The van der Waals surface area contributed by atoms with Gasteiger partial charge in [0.1, 0.15) is 6.61 Å². The van der Waals surface area contributed by atoms with Crippen molar-refractivity contribution in [1.29, 1.82) is 0 Å². The molecule has 410 valence electrons. The molecular formula is C60H112NO8P. The fraction of sp³-hybridized carbons (Fsp3) is 0.833. The van der Waals surface area contributed by atoms with Crippen molar-refractivity contribution in [2.45, 2.75) is 296 Å². The van der Waals surface area contributed by atoms with Gasteiger partial charge in [0, 0.05) is 19.4 Å². The number of nitrogens with two attached hydrogens (primary N) is 1. The third-order valence-electron chi connectivity index (χ3n) is 12.9. The van der Waals surface area contributed by atoms with Crippen LogP contribution < -0.4 is 5.73 Å². The average Bonchev–Trinajstić information content (AvgIpc) is 3.35. The second-order valence-corrected chi connectivity index (χ2v) is 21.3. The summed E-state index contributed by atoms with van der Waals surface area (Å²) in [6, 6.07) is 0. The summed E-state index contributed by atoms with van der Waals surface area (Å²) in [7, 11) is -4.39. The van der Waals surface area contributed by atoms with E-state index in [0.717, 1.165) is 70.6 Å². The van der Waals surface area contributed by atoms with Gasteiger partial charge in [-0.2, -0.15) is 0 Å². The Labute approximate surface area is 432 Å². The lowest BCUT2D eigenvalue weighted by Gasteiger charge is -2.19. The molecule has 0 saturated carbocycles. The van der Waals surface area contributed by atoms with Gasteiger partial charge in [-0.1, -0.05) is 255 Å². The van der Waals surface area contributed by atoms with Crippen LogP contribution in [0.2, 0.25) is 0 Å². The Bertz CT molecular complexity index is 1280. The van der Waals surface area contributed by atoms with E-state index in [2.05, 4.69) is 62.5 Å². The van der Waals surface area contributed by atoms with Gasteiger partial charge < -0.3 is 20.1 Å². The first-order valence-corrected chi connectivity index (χ1v) is 31.1. The minimum atomic E-state index is -4.39. The minimum absolute atomic E-state index is 0.0519. The number of carbonyl (C=O) groups is 2. The van der Waals surface area contributed by atoms with Crippen LogP contribution in [0.3, 0.4) is 0 Å². The number of phosphoric acid groups is 1. The smallest absolute Gasteiger partial charge is 0.462 e. The zero-order chi connectivity index (χ0) is 51.0. The van der Waals surface area contributed by atoms with Gasteiger partial charge in [-0.25, -0.2) is 4.57 Å². The van der Waals surface area contributed by atoms with Crippen LogP contribution in [0.25, 0.3) is 0 Å². The number of unbranched alkanes of at least 4 members (excludes halogenated alkanes) is 35. The molecule has 0 radical (unpaired) electrons. The van der Waals surface area contributed by atoms with Crippen LogP contribution in [0.1, 0.15) is 290 Å². The van der Waals surface area contributed by atoms with Crippen LogP contribution >= 0.6 is 7.82 Å². The van der Waals surface area contributed by atoms with E-state index in [0.29, 0.717) is 6.42 Å². The third kappa shape index (κ3) is 55.3. The maximum Gasteiger partial charge on any atom is 0.472 e. The van der Waals surface area contributed by atoms with Gasteiger partial charge in [0.25, 0.3) is 0 Å². The van der Waals surface area contributed by atoms with Gasteiger partial charge >= 0.3 is 19.8 Å². The van der Waals surface area contributed by atoms with E-state index in [1.54, 1.807) is 0 Å². The Balaban J connectivity index is 3.81. The van der Waals surface area contributed by atoms with Crippen molar-refractivity contribution in [3.05, 3.63) is 48.6 Å². The van der Waals surface area contributed by atoms with Crippen molar-refractivity contribution in [2.75, 3.05) is 26.4 Å². The minimum Gasteiger partial charge on any atom is -0.462 e. The van der Waals surface area contributed by atoms with Gasteiger partial charge in [-0.3, -0.25) is 18.6 Å². The lowest BCUT2D eigenvalue weighted by molar-refractivity contribution is -0.161. The normalized spacial score (nSPS) is 13.4. The van der Waals surface area contributed by atoms with Crippen LogP contribution in [0.4, 0.5) is 0 Å². The Morgan fingerprint density at radius 1 is 0.429 bits per heavy atom. The number of rotatable bonds is 56. The molecule has 70 heavy (non-hydrogen) atoms. The van der Waals surface area contributed by atoms with E-state index in [4.69, 9.17) is 24.3 Å². The SMILES string of the molecule is CCCC/C=C\C/C=C\CCCCCCCC(=O)OCC(COP(=O)(O)OCCN)OC(=O)CCCCCCCCCCCCCCCCCCCCCCCCC/C=C\C/C=C\CCCCCCC. The topological polar surface area (TPSA) is 134 Å². The third-order valence-corrected chi connectivity index (χ3v) is 13.9. The molecule has 0 spiro atoms. The highest BCUT2D eigenvalue weighted by molar-refractivity contribution is 7.47. The van der Waals surface area contributed by atoms with Crippen molar-refractivity contribution < 1.29 is 37.6 Å². The molecule has 0 aromatic heterocycles. The van der Waals surface area contributed by atoms with Crippen molar-refractivity contribution in [3.8, 4) is 0 Å². The molecule has 0 aromatic carbocycles. The predicted octanol–water partition coefficient (Wildman–Crippen LogP) is 18.6. The first-order valence-electron chi connectivity index (χ1n) is 29.6. The first-order chi connectivity index (χ1) is 34.3. The first kappa shape index (κ1) is 68.0. The number of carbonyl (C=O) groups excluding carboxylic acids is 2. The maximum atomic E-state index is 12.7. The highest BCUT2D eigenvalue weighted by Crippen LogP contribution is 2.43. The molecule has 0 aliphatic carbocycles. The fourth-order valence-corrected chi connectivity index (χ4v) is 9.27. The number of ether oxygens (including phenoxy) is 2. The second-order valence-electron chi connectivity index (χ2n) is 19.9. The molecule has 0 rings (SSSR count). The number of esters is 2. The number of hydrogen-bond donors (Lipinski definition) is 2. The molecule has 3 N–H and O–H groups in total. The summed E-state index contributed by atoms with van der Waals surface area (Å²) in [6.45, 7) is 3.70. The number of phosphoric ester groups is 1. The predicted molar refractivity (Wildman–Crippen MR) is 298 cm³/mol. The zero-order valence-electron chi connectivity index (χ0n) is 45.8. The fourth-order valence-electron chi connectivity index (χ4n) is 8.51. The molecule has 9 nitrogen and oxygen atoms in total. The van der Waals surface area contributed by atoms with E-state index in [9.17, 15) is 19.0 Å². The molecule has 0 bridgehead atoms. The molecule has 10 heteroatoms. The maximum absolute atomic E-state index is 12.7. The van der Waals surface area contributed by atoms with E-state index >= 15 is 0 Å². The molecule has 0 fully saturated rings. The number of allylic oxidation sites excluding steroid dienone is 8. The number of hydrogen-bond acceptors (Lipinski definition) is 8. The molecule has 2 atom stereocenters. The monoisotopic (exact) mass is 1010 g/mol. The molecule has 0 saturated heterocycles. The quantitative estimate of drug-likeness (QED) is 0.0264. The Hall–Kier alpha value is -2.03. The van der Waals surface area contributed by atoms with E-state index < -0.39 is 32.5 Å². The molecule has 0 aromatic rings. The Morgan fingerprint density at radius 2 is 0.757 bits per heavy atom. The average molecular weight is 1010 g/mol. The summed E-state index contributed by atoms with van der Waals surface area (Å²) >= 11 is 0. The highest BCUT2D eigenvalue weighted by Gasteiger charge is 2.26. The van der Waals surface area contributed by atoms with Crippen LogP contribution in [0, 0.1) is 0 Å². The molecule has 0 heterocycles. The van der Waals surface area contributed by atoms with Crippen LogP contribution in [-0.4, -0.2) is 49.3 Å². The van der Waals surface area contributed by atoms with Gasteiger partial charge in [0.05, 0.1) is 13.2 Å². The van der Waals surface area contributed by atoms with E-state index in [1.165, 1.54) is 186 Å². The lowest BCUT2D eigenvalue weighted by atomic mass is 10.0. The van der Waals surface area contributed by atoms with Gasteiger partial charge in [0.2, 0.25) is 0 Å². The van der Waals surface area contributed by atoms with Crippen molar-refractivity contribution in [2.24, 2.45) is 5.73 Å². The zero-order valence-corrected chi connectivity index (χ0v) is 46.7. The van der Waals surface area contributed by atoms with Crippen molar-refractivity contribution >= 4 is 19.8 Å². The highest BCUT2D eigenvalue weighted by atomic mass is 31.2. The molecule has 2 unspecified atom stereocenters. The van der Waals surface area contributed by atoms with Crippen LogP contribution in [0.15, 0.2) is 48.6 Å². The summed E-state index contributed by atoms with van der Waals surface area (Å²) in [4.78, 5) is 35.1. The Kier molecular flexibility index (Phi) is 54.6. The van der Waals surface area contributed by atoms with Gasteiger partial charge in [-0.05, 0) is 70.6 Å².